The van der Waals surface area contributed by atoms with E-state index in [0.29, 0.717) is 11.5 Å². The van der Waals surface area contributed by atoms with E-state index in [9.17, 15) is 5.11 Å². The number of hydrogen-bond donors (Lipinski definition) is 1. The summed E-state index contributed by atoms with van der Waals surface area (Å²) in [6.07, 6.45) is 9.25. The van der Waals surface area contributed by atoms with Crippen LogP contribution in [0.5, 0.6) is 0 Å². The van der Waals surface area contributed by atoms with E-state index in [-0.39, 0.29) is 11.5 Å². The molecule has 0 spiro atoms. The van der Waals surface area contributed by atoms with Crippen LogP contribution in [0.4, 0.5) is 0 Å². The van der Waals surface area contributed by atoms with Gasteiger partial charge in [-0.05, 0) is 42.6 Å². The number of aliphatic hydroxyl groups excluding tert-OH is 1. The number of nitrogens with zero attached hydrogens (tertiary/aromatic N) is 1. The summed E-state index contributed by atoms with van der Waals surface area (Å²) in [6.45, 7) is 9.38. The lowest BCUT2D eigenvalue weighted by Crippen LogP contribution is -2.33. The van der Waals surface area contributed by atoms with Crippen LogP contribution < -0.4 is 0 Å². The van der Waals surface area contributed by atoms with Gasteiger partial charge in [-0.2, -0.15) is 0 Å². The third-order valence-electron chi connectivity index (χ3n) is 5.60. The van der Waals surface area contributed by atoms with Crippen LogP contribution in [0, 0.1) is 10.8 Å². The van der Waals surface area contributed by atoms with E-state index >= 15 is 0 Å². The molecule has 2 aliphatic rings. The molecule has 1 heterocycles. The molecular formula is C18H29NO. The van der Waals surface area contributed by atoms with Crippen molar-refractivity contribution in [3.63, 3.8) is 0 Å². The SMILES string of the molecule is CC1(C)Cc2c(ccn2C2CCCCC2(C)C)C(O)C1. The molecule has 2 unspecified atom stereocenters. The molecule has 0 aliphatic heterocycles. The molecule has 20 heavy (non-hydrogen) atoms. The van der Waals surface area contributed by atoms with Crippen LogP contribution in [0.3, 0.4) is 0 Å². The van der Waals surface area contributed by atoms with Gasteiger partial charge in [0.25, 0.3) is 0 Å². The Balaban J connectivity index is 2.00. The topological polar surface area (TPSA) is 25.2 Å². The summed E-state index contributed by atoms with van der Waals surface area (Å²) in [7, 11) is 0. The Morgan fingerprint density at radius 1 is 1.20 bits per heavy atom. The highest BCUT2D eigenvalue weighted by atomic mass is 16.3. The third kappa shape index (κ3) is 2.32. The summed E-state index contributed by atoms with van der Waals surface area (Å²) in [5, 5.41) is 10.4. The second-order valence-electron chi connectivity index (χ2n) is 8.44. The molecule has 112 valence electrons. The highest BCUT2D eigenvalue weighted by Crippen LogP contribution is 2.48. The molecule has 1 aromatic heterocycles. The van der Waals surface area contributed by atoms with E-state index in [0.717, 1.165) is 12.8 Å². The smallest absolute Gasteiger partial charge is 0.0812 e. The average Bonchev–Trinajstić information content (AvgIpc) is 2.70. The molecule has 1 aromatic rings. The van der Waals surface area contributed by atoms with Gasteiger partial charge in [0.05, 0.1) is 6.10 Å². The van der Waals surface area contributed by atoms with E-state index in [1.165, 1.54) is 36.9 Å². The van der Waals surface area contributed by atoms with E-state index in [1.807, 2.05) is 0 Å². The molecule has 0 bridgehead atoms. The maximum atomic E-state index is 10.4. The summed E-state index contributed by atoms with van der Waals surface area (Å²) < 4.78 is 2.51. The Kier molecular flexibility index (Phi) is 3.28. The van der Waals surface area contributed by atoms with Crippen molar-refractivity contribution in [2.75, 3.05) is 0 Å². The highest BCUT2D eigenvalue weighted by molar-refractivity contribution is 5.30. The molecule has 1 N–H and O–H groups in total. The minimum atomic E-state index is -0.276. The monoisotopic (exact) mass is 275 g/mol. The Hall–Kier alpha value is -0.760. The van der Waals surface area contributed by atoms with Gasteiger partial charge in [0.1, 0.15) is 0 Å². The third-order valence-corrected chi connectivity index (χ3v) is 5.60. The molecule has 2 atom stereocenters. The van der Waals surface area contributed by atoms with Gasteiger partial charge in [-0.15, -0.1) is 0 Å². The molecule has 1 fully saturated rings. The fourth-order valence-electron chi connectivity index (χ4n) is 4.43. The summed E-state index contributed by atoms with van der Waals surface area (Å²) in [5.74, 6) is 0. The number of fused-ring (bicyclic) bond motifs is 1. The van der Waals surface area contributed by atoms with Crippen molar-refractivity contribution in [3.05, 3.63) is 23.5 Å². The van der Waals surface area contributed by atoms with Gasteiger partial charge < -0.3 is 9.67 Å². The Morgan fingerprint density at radius 2 is 1.95 bits per heavy atom. The fourth-order valence-corrected chi connectivity index (χ4v) is 4.43. The first-order chi connectivity index (χ1) is 9.30. The van der Waals surface area contributed by atoms with Gasteiger partial charge in [0, 0.05) is 23.5 Å². The van der Waals surface area contributed by atoms with Crippen LogP contribution in [0.15, 0.2) is 12.3 Å². The van der Waals surface area contributed by atoms with E-state index in [2.05, 4.69) is 44.5 Å². The Morgan fingerprint density at radius 3 is 2.65 bits per heavy atom. The zero-order valence-corrected chi connectivity index (χ0v) is 13.4. The molecular weight excluding hydrogens is 246 g/mol. The molecule has 0 radical (unpaired) electrons. The van der Waals surface area contributed by atoms with Crippen LogP contribution >= 0.6 is 0 Å². The summed E-state index contributed by atoms with van der Waals surface area (Å²) in [6, 6.07) is 2.76. The van der Waals surface area contributed by atoms with Crippen molar-refractivity contribution in [2.45, 2.75) is 78.4 Å². The van der Waals surface area contributed by atoms with Crippen molar-refractivity contribution in [3.8, 4) is 0 Å². The van der Waals surface area contributed by atoms with Crippen LogP contribution in [-0.4, -0.2) is 9.67 Å². The molecule has 0 amide bonds. The van der Waals surface area contributed by atoms with Crippen molar-refractivity contribution in [2.24, 2.45) is 10.8 Å². The number of rotatable bonds is 1. The van der Waals surface area contributed by atoms with Gasteiger partial charge in [-0.3, -0.25) is 0 Å². The summed E-state index contributed by atoms with van der Waals surface area (Å²) in [5.41, 5.74) is 3.17. The van der Waals surface area contributed by atoms with Crippen molar-refractivity contribution in [1.82, 2.24) is 4.57 Å². The van der Waals surface area contributed by atoms with Crippen molar-refractivity contribution >= 4 is 0 Å². The zero-order chi connectivity index (χ0) is 14.5. The van der Waals surface area contributed by atoms with Crippen LogP contribution in [0.2, 0.25) is 0 Å². The van der Waals surface area contributed by atoms with E-state index < -0.39 is 0 Å². The first kappa shape index (κ1) is 14.2. The Bertz CT molecular complexity index is 498. The van der Waals surface area contributed by atoms with Crippen LogP contribution in [0.25, 0.3) is 0 Å². The van der Waals surface area contributed by atoms with Gasteiger partial charge in [0.15, 0.2) is 0 Å². The van der Waals surface area contributed by atoms with Crippen molar-refractivity contribution in [1.29, 1.82) is 0 Å². The first-order valence-corrected chi connectivity index (χ1v) is 8.18. The molecule has 0 saturated heterocycles. The fraction of sp³-hybridized carbons (Fsp3) is 0.778. The zero-order valence-electron chi connectivity index (χ0n) is 13.4. The van der Waals surface area contributed by atoms with Crippen molar-refractivity contribution < 1.29 is 5.11 Å². The first-order valence-electron chi connectivity index (χ1n) is 8.18. The predicted molar refractivity (Wildman–Crippen MR) is 82.8 cm³/mol. The maximum absolute atomic E-state index is 10.4. The molecule has 3 rings (SSSR count). The minimum Gasteiger partial charge on any atom is -0.388 e. The predicted octanol–water partition coefficient (Wildman–Crippen LogP) is 4.64. The maximum Gasteiger partial charge on any atom is 0.0812 e. The largest absolute Gasteiger partial charge is 0.388 e. The normalized spacial score (nSPS) is 31.9. The lowest BCUT2D eigenvalue weighted by Gasteiger charge is -2.42. The molecule has 0 aromatic carbocycles. The molecule has 2 nitrogen and oxygen atoms in total. The Labute approximate surface area is 123 Å². The summed E-state index contributed by atoms with van der Waals surface area (Å²) >= 11 is 0. The highest BCUT2D eigenvalue weighted by Gasteiger charge is 2.38. The summed E-state index contributed by atoms with van der Waals surface area (Å²) in [4.78, 5) is 0. The quantitative estimate of drug-likeness (QED) is 0.794. The molecule has 1 saturated carbocycles. The standard InChI is InChI=1S/C18H29NO/c1-17(2)11-14-13(15(20)12-17)8-10-19(14)16-7-5-6-9-18(16,3)4/h8,10,15-16,20H,5-7,9,11-12H2,1-4H3. The minimum absolute atomic E-state index is 0.210. The lowest BCUT2D eigenvalue weighted by molar-refractivity contribution is 0.0915. The van der Waals surface area contributed by atoms with Gasteiger partial charge in [-0.25, -0.2) is 0 Å². The van der Waals surface area contributed by atoms with Gasteiger partial charge in [-0.1, -0.05) is 40.5 Å². The number of aromatic nitrogens is 1. The van der Waals surface area contributed by atoms with Gasteiger partial charge in [0.2, 0.25) is 0 Å². The van der Waals surface area contributed by atoms with Crippen LogP contribution in [-0.2, 0) is 6.42 Å². The number of aliphatic hydroxyl groups is 1. The van der Waals surface area contributed by atoms with Gasteiger partial charge >= 0.3 is 0 Å². The second-order valence-corrected chi connectivity index (χ2v) is 8.44. The lowest BCUT2D eigenvalue weighted by atomic mass is 9.72. The second kappa shape index (κ2) is 4.62. The number of hydrogen-bond acceptors (Lipinski definition) is 1. The van der Waals surface area contributed by atoms with E-state index in [4.69, 9.17) is 0 Å². The average molecular weight is 275 g/mol. The van der Waals surface area contributed by atoms with E-state index in [1.54, 1.807) is 0 Å². The molecule has 2 aliphatic carbocycles. The van der Waals surface area contributed by atoms with Crippen LogP contribution in [0.1, 0.15) is 83.2 Å². The molecule has 2 heteroatoms.